The standard InChI is InChI=1S/C20H20ClN3O2/c1-23-12-10-22-19(23)14-5-4-11-24(13-14)20(25)18-9-8-17(26-18)15-6-2-3-7-16(15)21/h2-3,6-10,12,14H,4-5,11,13H2,1H3. The fourth-order valence-electron chi connectivity index (χ4n) is 3.56. The van der Waals surface area contributed by atoms with E-state index in [2.05, 4.69) is 4.98 Å². The maximum Gasteiger partial charge on any atom is 0.289 e. The van der Waals surface area contributed by atoms with Gasteiger partial charge in [-0.3, -0.25) is 4.79 Å². The van der Waals surface area contributed by atoms with Crippen LogP contribution in [0.4, 0.5) is 0 Å². The van der Waals surface area contributed by atoms with E-state index in [0.717, 1.165) is 30.8 Å². The largest absolute Gasteiger partial charge is 0.451 e. The van der Waals surface area contributed by atoms with Gasteiger partial charge in [-0.2, -0.15) is 0 Å². The number of likely N-dealkylation sites (tertiary alicyclic amines) is 1. The van der Waals surface area contributed by atoms with Gasteiger partial charge >= 0.3 is 0 Å². The van der Waals surface area contributed by atoms with Crippen molar-refractivity contribution in [3.8, 4) is 11.3 Å². The summed E-state index contributed by atoms with van der Waals surface area (Å²) in [7, 11) is 1.99. The van der Waals surface area contributed by atoms with Crippen LogP contribution in [0.25, 0.3) is 11.3 Å². The molecular weight excluding hydrogens is 350 g/mol. The number of aromatic nitrogens is 2. The summed E-state index contributed by atoms with van der Waals surface area (Å²) in [6.07, 6.45) is 5.75. The number of piperidine rings is 1. The first-order chi connectivity index (χ1) is 12.6. The Hall–Kier alpha value is -2.53. The predicted octanol–water partition coefficient (Wildman–Crippen LogP) is 4.35. The van der Waals surface area contributed by atoms with E-state index in [4.69, 9.17) is 16.0 Å². The topological polar surface area (TPSA) is 51.3 Å². The highest BCUT2D eigenvalue weighted by Gasteiger charge is 2.29. The van der Waals surface area contributed by atoms with E-state index in [9.17, 15) is 4.79 Å². The second-order valence-corrected chi connectivity index (χ2v) is 7.04. The van der Waals surface area contributed by atoms with E-state index in [1.165, 1.54) is 0 Å². The number of nitrogens with zero attached hydrogens (tertiary/aromatic N) is 3. The number of furan rings is 1. The van der Waals surface area contributed by atoms with Crippen LogP contribution in [0.5, 0.6) is 0 Å². The lowest BCUT2D eigenvalue weighted by atomic mass is 9.97. The number of halogens is 1. The smallest absolute Gasteiger partial charge is 0.289 e. The van der Waals surface area contributed by atoms with E-state index in [1.54, 1.807) is 18.3 Å². The number of imidazole rings is 1. The number of carbonyl (C=O) groups is 1. The number of amides is 1. The lowest BCUT2D eigenvalue weighted by Gasteiger charge is -2.31. The zero-order valence-electron chi connectivity index (χ0n) is 14.6. The number of carbonyl (C=O) groups excluding carboxylic acids is 1. The van der Waals surface area contributed by atoms with E-state index >= 15 is 0 Å². The van der Waals surface area contributed by atoms with Gasteiger partial charge in [0, 0.05) is 44.0 Å². The van der Waals surface area contributed by atoms with Crippen molar-refractivity contribution >= 4 is 17.5 Å². The Balaban J connectivity index is 1.53. The Labute approximate surface area is 157 Å². The Morgan fingerprint density at radius 3 is 2.88 bits per heavy atom. The molecule has 26 heavy (non-hydrogen) atoms. The van der Waals surface area contributed by atoms with Gasteiger partial charge in [0.25, 0.3) is 5.91 Å². The van der Waals surface area contributed by atoms with Gasteiger partial charge in [-0.05, 0) is 37.1 Å². The van der Waals surface area contributed by atoms with Crippen LogP contribution in [0.1, 0.15) is 35.1 Å². The molecule has 3 heterocycles. The van der Waals surface area contributed by atoms with E-state index < -0.39 is 0 Å². The average Bonchev–Trinajstić information content (AvgIpc) is 3.31. The van der Waals surface area contributed by atoms with Crippen LogP contribution >= 0.6 is 11.6 Å². The molecule has 0 spiro atoms. The SMILES string of the molecule is Cn1ccnc1C1CCCN(C(=O)c2ccc(-c3ccccc3Cl)o2)C1. The maximum atomic E-state index is 12.9. The van der Waals surface area contributed by atoms with Crippen molar-refractivity contribution in [2.24, 2.45) is 7.05 Å². The summed E-state index contributed by atoms with van der Waals surface area (Å²) in [5.74, 6) is 2.16. The quantitative estimate of drug-likeness (QED) is 0.689. The molecule has 1 unspecified atom stereocenters. The molecule has 0 saturated carbocycles. The van der Waals surface area contributed by atoms with Gasteiger partial charge in [0.05, 0.1) is 5.02 Å². The highest BCUT2D eigenvalue weighted by atomic mass is 35.5. The average molecular weight is 370 g/mol. The molecule has 0 aliphatic carbocycles. The first-order valence-corrected chi connectivity index (χ1v) is 9.12. The third kappa shape index (κ3) is 3.15. The molecule has 1 aliphatic rings. The molecular formula is C20H20ClN3O2. The monoisotopic (exact) mass is 369 g/mol. The van der Waals surface area contributed by atoms with Gasteiger partial charge in [-0.1, -0.05) is 23.7 Å². The molecule has 6 heteroatoms. The lowest BCUT2D eigenvalue weighted by molar-refractivity contribution is 0.0672. The molecule has 134 valence electrons. The molecule has 4 rings (SSSR count). The summed E-state index contributed by atoms with van der Waals surface area (Å²) in [5.41, 5.74) is 0.790. The van der Waals surface area contributed by atoms with Crippen LogP contribution in [0, 0.1) is 0 Å². The summed E-state index contributed by atoms with van der Waals surface area (Å²) >= 11 is 6.22. The molecule has 1 aliphatic heterocycles. The van der Waals surface area contributed by atoms with Crippen molar-refractivity contribution in [3.63, 3.8) is 0 Å². The zero-order valence-corrected chi connectivity index (χ0v) is 15.3. The summed E-state index contributed by atoms with van der Waals surface area (Å²) < 4.78 is 7.85. The fourth-order valence-corrected chi connectivity index (χ4v) is 3.79. The first-order valence-electron chi connectivity index (χ1n) is 8.74. The number of hydrogen-bond acceptors (Lipinski definition) is 3. The van der Waals surface area contributed by atoms with Crippen LogP contribution in [0.15, 0.2) is 53.2 Å². The van der Waals surface area contributed by atoms with Crippen LogP contribution < -0.4 is 0 Å². The van der Waals surface area contributed by atoms with Gasteiger partial charge in [0.2, 0.25) is 0 Å². The Morgan fingerprint density at radius 2 is 2.12 bits per heavy atom. The highest BCUT2D eigenvalue weighted by molar-refractivity contribution is 6.33. The van der Waals surface area contributed by atoms with Crippen molar-refractivity contribution in [1.29, 1.82) is 0 Å². The molecule has 1 fully saturated rings. The van der Waals surface area contributed by atoms with Gasteiger partial charge in [-0.15, -0.1) is 0 Å². The number of rotatable bonds is 3. The number of aryl methyl sites for hydroxylation is 1. The van der Waals surface area contributed by atoms with Gasteiger partial charge < -0.3 is 13.9 Å². The minimum Gasteiger partial charge on any atom is -0.451 e. The van der Waals surface area contributed by atoms with Crippen molar-refractivity contribution in [2.75, 3.05) is 13.1 Å². The Kier molecular flexibility index (Phi) is 4.55. The number of benzene rings is 1. The molecule has 3 aromatic rings. The van der Waals surface area contributed by atoms with Crippen LogP contribution in [0.3, 0.4) is 0 Å². The summed E-state index contributed by atoms with van der Waals surface area (Å²) in [5, 5.41) is 0.605. The summed E-state index contributed by atoms with van der Waals surface area (Å²) in [6.45, 7) is 1.40. The van der Waals surface area contributed by atoms with Crippen LogP contribution in [-0.2, 0) is 7.05 Å². The minimum atomic E-state index is -0.0813. The zero-order chi connectivity index (χ0) is 18.1. The molecule has 0 radical (unpaired) electrons. The highest BCUT2D eigenvalue weighted by Crippen LogP contribution is 2.31. The Bertz CT molecular complexity index is 931. The number of hydrogen-bond donors (Lipinski definition) is 0. The molecule has 2 aromatic heterocycles. The second kappa shape index (κ2) is 7.00. The summed E-state index contributed by atoms with van der Waals surface area (Å²) in [4.78, 5) is 19.2. The van der Waals surface area contributed by atoms with E-state index in [-0.39, 0.29) is 11.8 Å². The van der Waals surface area contributed by atoms with Crippen LogP contribution in [0.2, 0.25) is 5.02 Å². The van der Waals surface area contributed by atoms with Crippen molar-refractivity contribution in [2.45, 2.75) is 18.8 Å². The molecule has 1 amide bonds. The van der Waals surface area contributed by atoms with Crippen molar-refractivity contribution in [3.05, 3.63) is 65.4 Å². The maximum absolute atomic E-state index is 12.9. The van der Waals surface area contributed by atoms with Gasteiger partial charge in [0.15, 0.2) is 5.76 Å². The fraction of sp³-hybridized carbons (Fsp3) is 0.300. The molecule has 1 saturated heterocycles. The minimum absolute atomic E-state index is 0.0813. The molecule has 1 atom stereocenters. The predicted molar refractivity (Wildman–Crippen MR) is 100 cm³/mol. The van der Waals surface area contributed by atoms with E-state index in [0.29, 0.717) is 23.1 Å². The van der Waals surface area contributed by atoms with Crippen molar-refractivity contribution in [1.82, 2.24) is 14.5 Å². The normalized spacial score (nSPS) is 17.5. The molecule has 1 aromatic carbocycles. The lowest BCUT2D eigenvalue weighted by Crippen LogP contribution is -2.39. The van der Waals surface area contributed by atoms with Gasteiger partial charge in [0.1, 0.15) is 11.6 Å². The Morgan fingerprint density at radius 1 is 1.27 bits per heavy atom. The third-order valence-electron chi connectivity index (χ3n) is 4.89. The van der Waals surface area contributed by atoms with Crippen LogP contribution in [-0.4, -0.2) is 33.4 Å². The molecule has 5 nitrogen and oxygen atoms in total. The third-order valence-corrected chi connectivity index (χ3v) is 5.22. The van der Waals surface area contributed by atoms with E-state index in [1.807, 2.05) is 47.0 Å². The van der Waals surface area contributed by atoms with Crippen molar-refractivity contribution < 1.29 is 9.21 Å². The summed E-state index contributed by atoms with van der Waals surface area (Å²) in [6, 6.07) is 11.0. The first kappa shape index (κ1) is 16.9. The molecule has 0 N–H and O–H groups in total. The second-order valence-electron chi connectivity index (χ2n) is 6.63. The van der Waals surface area contributed by atoms with Gasteiger partial charge in [-0.25, -0.2) is 4.98 Å². The molecule has 0 bridgehead atoms.